The summed E-state index contributed by atoms with van der Waals surface area (Å²) in [5.74, 6) is 2.20. The highest BCUT2D eigenvalue weighted by Crippen LogP contribution is 2.61. The van der Waals surface area contributed by atoms with Gasteiger partial charge in [-0.1, -0.05) is 60.7 Å². The van der Waals surface area contributed by atoms with Crippen LogP contribution in [0.5, 0.6) is 0 Å². The second-order valence-corrected chi connectivity index (χ2v) is 9.92. The predicted octanol–water partition coefficient (Wildman–Crippen LogP) is 4.64. The van der Waals surface area contributed by atoms with Gasteiger partial charge in [0.15, 0.2) is 5.60 Å². The monoisotopic (exact) mass is 389 g/mol. The molecule has 3 nitrogen and oxygen atoms in total. The Labute approximate surface area is 173 Å². The Morgan fingerprint density at radius 1 is 0.897 bits per heavy atom. The molecule has 29 heavy (non-hydrogen) atoms. The van der Waals surface area contributed by atoms with E-state index >= 15 is 0 Å². The summed E-state index contributed by atoms with van der Waals surface area (Å²) < 4.78 is 0. The molecule has 0 spiro atoms. The average Bonchev–Trinajstić information content (AvgIpc) is 2.73. The largest absolute Gasteiger partial charge is 0.372 e. The van der Waals surface area contributed by atoms with E-state index in [9.17, 15) is 9.90 Å². The molecule has 2 N–H and O–H groups in total. The maximum Gasteiger partial charge on any atom is 0.261 e. The van der Waals surface area contributed by atoms with Crippen molar-refractivity contribution in [3.8, 4) is 0 Å². The molecule has 2 aromatic carbocycles. The molecule has 4 saturated carbocycles. The van der Waals surface area contributed by atoms with Gasteiger partial charge in [-0.3, -0.25) is 4.79 Å². The number of amides is 1. The number of hydrogen-bond acceptors (Lipinski definition) is 2. The molecule has 4 bridgehead atoms. The van der Waals surface area contributed by atoms with Crippen LogP contribution in [0.15, 0.2) is 60.7 Å². The van der Waals surface area contributed by atoms with Crippen LogP contribution in [0.2, 0.25) is 0 Å². The molecule has 4 aliphatic carbocycles. The van der Waals surface area contributed by atoms with Crippen molar-refractivity contribution < 1.29 is 9.90 Å². The molecule has 152 valence electrons. The zero-order valence-corrected chi connectivity index (χ0v) is 17.2. The molecule has 1 amide bonds. The minimum atomic E-state index is -1.68. The van der Waals surface area contributed by atoms with Crippen molar-refractivity contribution in [1.29, 1.82) is 0 Å². The van der Waals surface area contributed by atoms with Crippen molar-refractivity contribution in [3.05, 3.63) is 71.8 Å². The Hall–Kier alpha value is -2.13. The van der Waals surface area contributed by atoms with E-state index in [-0.39, 0.29) is 17.4 Å². The van der Waals surface area contributed by atoms with Crippen LogP contribution < -0.4 is 5.32 Å². The minimum absolute atomic E-state index is 0.0716. The highest BCUT2D eigenvalue weighted by atomic mass is 16.3. The van der Waals surface area contributed by atoms with Gasteiger partial charge in [0.1, 0.15) is 0 Å². The first-order chi connectivity index (χ1) is 14.0. The standard InChI is InChI=1S/C26H31NO2/c1-18(25-15-19-12-20(16-25)14-21(13-19)17-25)27-24(28)26(29,22-8-4-2-5-9-22)23-10-6-3-7-11-23/h2-11,18-21,29H,12-17H2,1H3,(H,27,28)/t18-,19?,20?,21?,25?/m0/s1. The van der Waals surface area contributed by atoms with E-state index in [2.05, 4.69) is 12.2 Å². The summed E-state index contributed by atoms with van der Waals surface area (Å²) >= 11 is 0. The summed E-state index contributed by atoms with van der Waals surface area (Å²) in [5.41, 5.74) is -0.250. The van der Waals surface area contributed by atoms with Crippen LogP contribution in [0.3, 0.4) is 0 Å². The van der Waals surface area contributed by atoms with Crippen LogP contribution in [-0.2, 0) is 10.4 Å². The molecule has 4 aliphatic rings. The van der Waals surface area contributed by atoms with E-state index < -0.39 is 5.60 Å². The van der Waals surface area contributed by atoms with Crippen molar-refractivity contribution in [2.45, 2.75) is 57.1 Å². The van der Waals surface area contributed by atoms with Crippen molar-refractivity contribution in [3.63, 3.8) is 0 Å². The smallest absolute Gasteiger partial charge is 0.261 e. The molecular formula is C26H31NO2. The highest BCUT2D eigenvalue weighted by molar-refractivity contribution is 5.90. The van der Waals surface area contributed by atoms with Gasteiger partial charge in [0, 0.05) is 6.04 Å². The summed E-state index contributed by atoms with van der Waals surface area (Å²) in [7, 11) is 0. The number of rotatable bonds is 5. The van der Waals surface area contributed by atoms with Gasteiger partial charge in [0.2, 0.25) is 0 Å². The highest BCUT2D eigenvalue weighted by Gasteiger charge is 2.54. The van der Waals surface area contributed by atoms with Gasteiger partial charge in [-0.15, -0.1) is 0 Å². The van der Waals surface area contributed by atoms with Crippen LogP contribution in [0.1, 0.15) is 56.6 Å². The number of carbonyl (C=O) groups excluding carboxylic acids is 1. The van der Waals surface area contributed by atoms with E-state index in [1.54, 1.807) is 0 Å². The Bertz CT molecular complexity index is 801. The topological polar surface area (TPSA) is 49.3 Å². The third-order valence-corrected chi connectivity index (χ3v) is 8.06. The van der Waals surface area contributed by atoms with Gasteiger partial charge in [-0.25, -0.2) is 0 Å². The number of hydrogen-bond donors (Lipinski definition) is 2. The van der Waals surface area contributed by atoms with Gasteiger partial charge in [-0.05, 0) is 79.7 Å². The Kier molecular flexibility index (Phi) is 4.54. The number of nitrogens with one attached hydrogen (secondary N) is 1. The van der Waals surface area contributed by atoms with Crippen molar-refractivity contribution in [2.24, 2.45) is 23.2 Å². The quantitative estimate of drug-likeness (QED) is 0.782. The summed E-state index contributed by atoms with van der Waals surface area (Å²) in [6, 6.07) is 18.7. The second kappa shape index (κ2) is 6.98. The molecule has 6 rings (SSSR count). The molecule has 1 atom stereocenters. The second-order valence-electron chi connectivity index (χ2n) is 9.92. The molecule has 2 aromatic rings. The van der Waals surface area contributed by atoms with E-state index in [0.717, 1.165) is 17.8 Å². The molecule has 4 fully saturated rings. The summed E-state index contributed by atoms with van der Waals surface area (Å²) in [4.78, 5) is 13.6. The lowest BCUT2D eigenvalue weighted by Gasteiger charge is -2.59. The van der Waals surface area contributed by atoms with Crippen LogP contribution >= 0.6 is 0 Å². The summed E-state index contributed by atoms with van der Waals surface area (Å²) in [6.07, 6.45) is 7.86. The first-order valence-corrected chi connectivity index (χ1v) is 11.1. The Balaban J connectivity index is 1.44. The normalized spacial score (nSPS) is 31.4. The average molecular weight is 390 g/mol. The SMILES string of the molecule is C[C@H](NC(=O)C(O)(c1ccccc1)c1ccccc1)C12CC3CC(CC(C3)C1)C2. The molecule has 0 aliphatic heterocycles. The molecule has 3 heteroatoms. The van der Waals surface area contributed by atoms with Crippen LogP contribution in [0.4, 0.5) is 0 Å². The van der Waals surface area contributed by atoms with Gasteiger partial charge in [0.05, 0.1) is 0 Å². The van der Waals surface area contributed by atoms with Crippen LogP contribution in [-0.4, -0.2) is 17.1 Å². The lowest BCUT2D eigenvalue weighted by Crippen LogP contribution is -2.58. The van der Waals surface area contributed by atoms with E-state index in [0.29, 0.717) is 11.1 Å². The maximum atomic E-state index is 13.6. The third kappa shape index (κ3) is 3.11. The zero-order chi connectivity index (χ0) is 20.1. The minimum Gasteiger partial charge on any atom is -0.372 e. The molecular weight excluding hydrogens is 358 g/mol. The van der Waals surface area contributed by atoms with E-state index in [1.165, 1.54) is 38.5 Å². The summed E-state index contributed by atoms with van der Waals surface area (Å²) in [5, 5.41) is 15.0. The fourth-order valence-corrected chi connectivity index (χ4v) is 6.95. The molecule has 0 unspecified atom stereocenters. The third-order valence-electron chi connectivity index (χ3n) is 8.06. The Morgan fingerprint density at radius 2 is 1.31 bits per heavy atom. The fraction of sp³-hybridized carbons (Fsp3) is 0.500. The summed E-state index contributed by atoms with van der Waals surface area (Å²) in [6.45, 7) is 2.17. The van der Waals surface area contributed by atoms with E-state index in [1.807, 2.05) is 60.7 Å². The van der Waals surface area contributed by atoms with Gasteiger partial charge in [-0.2, -0.15) is 0 Å². The van der Waals surface area contributed by atoms with Gasteiger partial charge < -0.3 is 10.4 Å². The fourth-order valence-electron chi connectivity index (χ4n) is 6.95. The number of benzene rings is 2. The van der Waals surface area contributed by atoms with Gasteiger partial charge in [0.25, 0.3) is 5.91 Å². The van der Waals surface area contributed by atoms with Gasteiger partial charge >= 0.3 is 0 Å². The van der Waals surface area contributed by atoms with Crippen molar-refractivity contribution >= 4 is 5.91 Å². The zero-order valence-electron chi connectivity index (χ0n) is 17.2. The number of aliphatic hydroxyl groups is 1. The first kappa shape index (κ1) is 18.9. The van der Waals surface area contributed by atoms with Crippen LogP contribution in [0, 0.1) is 23.2 Å². The lowest BCUT2D eigenvalue weighted by molar-refractivity contribution is -0.141. The first-order valence-electron chi connectivity index (χ1n) is 11.1. The lowest BCUT2D eigenvalue weighted by atomic mass is 9.48. The predicted molar refractivity (Wildman–Crippen MR) is 114 cm³/mol. The molecule has 0 aromatic heterocycles. The molecule has 0 heterocycles. The molecule has 0 saturated heterocycles. The van der Waals surface area contributed by atoms with Crippen molar-refractivity contribution in [2.75, 3.05) is 0 Å². The molecule has 0 radical (unpaired) electrons. The van der Waals surface area contributed by atoms with Crippen LogP contribution in [0.25, 0.3) is 0 Å². The van der Waals surface area contributed by atoms with E-state index in [4.69, 9.17) is 0 Å². The van der Waals surface area contributed by atoms with Crippen molar-refractivity contribution in [1.82, 2.24) is 5.32 Å². The Morgan fingerprint density at radius 3 is 1.72 bits per heavy atom. The number of carbonyl (C=O) groups is 1. The maximum absolute atomic E-state index is 13.6.